The number of ether oxygens (including phenoxy) is 1. The van der Waals surface area contributed by atoms with Gasteiger partial charge in [0, 0.05) is 94.7 Å². The van der Waals surface area contributed by atoms with Crippen LogP contribution in [0.5, 0.6) is 5.75 Å². The molecule has 16 heteroatoms. The number of rotatable bonds is 8. The summed E-state index contributed by atoms with van der Waals surface area (Å²) in [6, 6.07) is 10.4. The van der Waals surface area contributed by atoms with E-state index < -0.39 is 18.3 Å². The Balaban J connectivity index is 0.937. The fraction of sp³-hybridized carbons (Fsp3) is 0.425. The number of piperidine rings is 3. The summed E-state index contributed by atoms with van der Waals surface area (Å²) >= 11 is 0. The Labute approximate surface area is 320 Å². The van der Waals surface area contributed by atoms with Crippen LogP contribution in [-0.2, 0) is 23.2 Å². The van der Waals surface area contributed by atoms with Gasteiger partial charge in [-0.1, -0.05) is 18.2 Å². The number of fused-ring (bicyclic) bond motifs is 1. The predicted octanol–water partition coefficient (Wildman–Crippen LogP) is 5.75. The molecule has 3 fully saturated rings. The molecule has 2 aromatic carbocycles. The van der Waals surface area contributed by atoms with Gasteiger partial charge < -0.3 is 24.4 Å². The number of carbonyl (C=O) groups excluding carboxylic acids is 3. The topological polar surface area (TPSA) is 129 Å². The Morgan fingerprint density at radius 1 is 0.982 bits per heavy atom. The fourth-order valence-corrected chi connectivity index (χ4v) is 8.06. The number of urea groups is 1. The standard InChI is InChI=1S/C40H43F4N7O5/c1-48-23-32(30-9-14-45-21-31(30)38(48)54)25-3-4-26(35(19-25)56-40(42,43)44)22-50-15-12-28(13-16-50)49(2)39(55)51-17-10-24(11-18-51)29-6-5-27(20-33(29)41)46-34-7-8-36(52)47-37(34)53/h3-6,9,14,19-21,23-24,28,34,46H,7-8,10-13,15-18,22H2,1-2H3,(H,47,52,53). The maximum atomic E-state index is 15.2. The summed E-state index contributed by atoms with van der Waals surface area (Å²) in [4.78, 5) is 59.4. The zero-order chi connectivity index (χ0) is 39.7. The van der Waals surface area contributed by atoms with Crippen molar-refractivity contribution in [1.82, 2.24) is 29.6 Å². The smallest absolute Gasteiger partial charge is 0.405 e. The van der Waals surface area contributed by atoms with Crippen molar-refractivity contribution in [2.24, 2.45) is 7.05 Å². The molecule has 0 spiro atoms. The molecule has 3 saturated heterocycles. The van der Waals surface area contributed by atoms with Gasteiger partial charge in [-0.15, -0.1) is 13.2 Å². The molecule has 0 saturated carbocycles. The Morgan fingerprint density at radius 2 is 1.73 bits per heavy atom. The summed E-state index contributed by atoms with van der Waals surface area (Å²) < 4.78 is 62.1. The molecule has 2 aromatic heterocycles. The number of nitrogens with one attached hydrogen (secondary N) is 2. The third kappa shape index (κ3) is 8.49. The van der Waals surface area contributed by atoms with Crippen LogP contribution in [0.1, 0.15) is 55.6 Å². The first kappa shape index (κ1) is 38.8. The number of hydrogen-bond donors (Lipinski definition) is 2. The van der Waals surface area contributed by atoms with Crippen LogP contribution in [0.25, 0.3) is 21.9 Å². The van der Waals surface area contributed by atoms with E-state index in [0.29, 0.717) is 97.0 Å². The number of amides is 4. The van der Waals surface area contributed by atoms with Crippen LogP contribution in [0.3, 0.4) is 0 Å². The molecule has 12 nitrogen and oxygen atoms in total. The molecule has 0 radical (unpaired) electrons. The van der Waals surface area contributed by atoms with E-state index in [1.54, 1.807) is 60.4 Å². The molecule has 3 aliphatic heterocycles. The Bertz CT molecular complexity index is 2200. The summed E-state index contributed by atoms with van der Waals surface area (Å²) in [7, 11) is 3.35. The number of likely N-dealkylation sites (tertiary alicyclic amines) is 2. The SMILES string of the molecule is CN(C(=O)N1CCC(c2ccc(NC3CCC(=O)NC3=O)cc2F)CC1)C1CCN(Cc2ccc(-c3cn(C)c(=O)c4cnccc34)cc2OC(F)(F)F)CC1. The molecule has 296 valence electrons. The van der Waals surface area contributed by atoms with Crippen LogP contribution in [0.2, 0.25) is 0 Å². The number of nitrogens with zero attached hydrogens (tertiary/aromatic N) is 5. The number of aromatic nitrogens is 2. The molecular formula is C40H43F4N7O5. The lowest BCUT2D eigenvalue weighted by Gasteiger charge is -2.40. The average Bonchev–Trinajstić information content (AvgIpc) is 3.17. The third-order valence-electron chi connectivity index (χ3n) is 11.2. The molecule has 5 heterocycles. The van der Waals surface area contributed by atoms with Crippen molar-refractivity contribution in [3.05, 3.63) is 88.4 Å². The van der Waals surface area contributed by atoms with Crippen LogP contribution in [0, 0.1) is 5.82 Å². The van der Waals surface area contributed by atoms with Gasteiger partial charge >= 0.3 is 12.4 Å². The van der Waals surface area contributed by atoms with Gasteiger partial charge in [0.05, 0.1) is 5.39 Å². The van der Waals surface area contributed by atoms with Crippen LogP contribution < -0.4 is 20.9 Å². The van der Waals surface area contributed by atoms with Gasteiger partial charge in [0.1, 0.15) is 17.6 Å². The van der Waals surface area contributed by atoms with E-state index in [1.807, 2.05) is 4.90 Å². The quantitative estimate of drug-likeness (QED) is 0.171. The molecule has 3 aliphatic rings. The zero-order valence-corrected chi connectivity index (χ0v) is 31.1. The summed E-state index contributed by atoms with van der Waals surface area (Å²) in [6.45, 7) is 2.26. The lowest BCUT2D eigenvalue weighted by Crippen LogP contribution is -2.51. The summed E-state index contributed by atoms with van der Waals surface area (Å²) in [5, 5.41) is 6.21. The molecule has 1 unspecified atom stereocenters. The Kier molecular flexibility index (Phi) is 11.0. The highest BCUT2D eigenvalue weighted by Crippen LogP contribution is 2.36. The van der Waals surface area contributed by atoms with Gasteiger partial charge in [0.15, 0.2) is 0 Å². The van der Waals surface area contributed by atoms with Crippen LogP contribution >= 0.6 is 0 Å². The van der Waals surface area contributed by atoms with Crippen molar-refractivity contribution >= 4 is 34.3 Å². The van der Waals surface area contributed by atoms with Crippen LogP contribution in [-0.4, -0.2) is 93.8 Å². The van der Waals surface area contributed by atoms with Crippen LogP contribution in [0.4, 0.5) is 28.0 Å². The number of anilines is 1. The lowest BCUT2D eigenvalue weighted by atomic mass is 9.89. The third-order valence-corrected chi connectivity index (χ3v) is 11.2. The highest BCUT2D eigenvalue weighted by Gasteiger charge is 2.34. The second-order valence-electron chi connectivity index (χ2n) is 14.8. The zero-order valence-electron chi connectivity index (χ0n) is 31.1. The van der Waals surface area contributed by atoms with Gasteiger partial charge in [-0.2, -0.15) is 0 Å². The number of aryl methyl sites for hydroxylation is 1. The maximum Gasteiger partial charge on any atom is 0.573 e. The van der Waals surface area contributed by atoms with Crippen molar-refractivity contribution in [2.45, 2.75) is 69.4 Å². The van der Waals surface area contributed by atoms with Gasteiger partial charge in [0.2, 0.25) is 11.8 Å². The van der Waals surface area contributed by atoms with E-state index in [1.165, 1.54) is 29.1 Å². The van der Waals surface area contributed by atoms with Crippen molar-refractivity contribution in [1.29, 1.82) is 0 Å². The number of imide groups is 1. The van der Waals surface area contributed by atoms with Gasteiger partial charge in [-0.3, -0.25) is 29.6 Å². The van der Waals surface area contributed by atoms with E-state index in [2.05, 4.69) is 20.4 Å². The molecule has 0 aliphatic carbocycles. The summed E-state index contributed by atoms with van der Waals surface area (Å²) in [5.74, 6) is -1.53. The molecule has 7 rings (SSSR count). The first-order valence-electron chi connectivity index (χ1n) is 18.7. The van der Waals surface area contributed by atoms with Gasteiger partial charge in [-0.25, -0.2) is 9.18 Å². The van der Waals surface area contributed by atoms with Gasteiger partial charge in [0.25, 0.3) is 5.56 Å². The second-order valence-corrected chi connectivity index (χ2v) is 14.8. The van der Waals surface area contributed by atoms with E-state index in [0.717, 1.165) is 0 Å². The molecule has 4 aromatic rings. The van der Waals surface area contributed by atoms with Gasteiger partial charge in [-0.05, 0) is 78.8 Å². The Morgan fingerprint density at radius 3 is 2.43 bits per heavy atom. The largest absolute Gasteiger partial charge is 0.573 e. The average molecular weight is 778 g/mol. The van der Waals surface area contributed by atoms with E-state index >= 15 is 4.39 Å². The maximum absolute atomic E-state index is 15.2. The molecule has 2 N–H and O–H groups in total. The fourth-order valence-electron chi connectivity index (χ4n) is 8.06. The highest BCUT2D eigenvalue weighted by molar-refractivity contribution is 6.01. The van der Waals surface area contributed by atoms with E-state index in [-0.39, 0.29) is 54.0 Å². The lowest BCUT2D eigenvalue weighted by molar-refractivity contribution is -0.275. The minimum absolute atomic E-state index is 0.0564. The molecule has 0 bridgehead atoms. The summed E-state index contributed by atoms with van der Waals surface area (Å²) in [6.07, 6.45) is 2.65. The van der Waals surface area contributed by atoms with Crippen molar-refractivity contribution in [2.75, 3.05) is 38.5 Å². The predicted molar refractivity (Wildman–Crippen MR) is 200 cm³/mol. The number of hydrogen-bond acceptors (Lipinski definition) is 8. The first-order chi connectivity index (χ1) is 26.7. The number of carbonyl (C=O) groups is 3. The van der Waals surface area contributed by atoms with Crippen LogP contribution in [0.15, 0.2) is 65.8 Å². The van der Waals surface area contributed by atoms with Crippen molar-refractivity contribution in [3.63, 3.8) is 0 Å². The second kappa shape index (κ2) is 15.9. The minimum Gasteiger partial charge on any atom is -0.405 e. The van der Waals surface area contributed by atoms with E-state index in [4.69, 9.17) is 0 Å². The number of pyridine rings is 2. The molecule has 56 heavy (non-hydrogen) atoms. The normalized spacial score (nSPS) is 18.9. The number of alkyl halides is 3. The number of halogens is 4. The first-order valence-corrected chi connectivity index (χ1v) is 18.7. The molecule has 4 amide bonds. The van der Waals surface area contributed by atoms with Crippen molar-refractivity contribution < 1.29 is 36.7 Å². The number of benzene rings is 2. The Hall–Kier alpha value is -5.51. The van der Waals surface area contributed by atoms with Crippen molar-refractivity contribution in [3.8, 4) is 16.9 Å². The molecular weight excluding hydrogens is 734 g/mol. The minimum atomic E-state index is -4.91. The summed E-state index contributed by atoms with van der Waals surface area (Å²) in [5.41, 5.74) is 2.15. The molecule has 1 atom stereocenters. The van der Waals surface area contributed by atoms with E-state index in [9.17, 15) is 32.3 Å². The highest BCUT2D eigenvalue weighted by atomic mass is 19.4. The monoisotopic (exact) mass is 777 g/mol.